The average molecular weight is 199 g/mol. The highest BCUT2D eigenvalue weighted by Crippen LogP contribution is 2.11. The van der Waals surface area contributed by atoms with Gasteiger partial charge < -0.3 is 5.32 Å². The van der Waals surface area contributed by atoms with Gasteiger partial charge in [-0.05, 0) is 31.9 Å². The van der Waals surface area contributed by atoms with Crippen LogP contribution in [0.1, 0.15) is 18.9 Å². The van der Waals surface area contributed by atoms with Crippen molar-refractivity contribution >= 4 is 17.3 Å². The van der Waals surface area contributed by atoms with Crippen LogP contribution >= 0.6 is 11.6 Å². The molecule has 0 aliphatic rings. The zero-order valence-corrected chi connectivity index (χ0v) is 8.80. The fourth-order valence-electron chi connectivity index (χ4n) is 1.08. The lowest BCUT2D eigenvalue weighted by Crippen LogP contribution is -2.07. The first kappa shape index (κ1) is 10.3. The maximum Gasteiger partial charge on any atom is 0.0400 e. The standard InChI is InChI=1S/C10H15ClN2/c1-8-7-12-5-4-10(8)13-6-3-9(2)11/h4-5,7,9H,3,6H2,1-2H3,(H,12,13). The van der Waals surface area contributed by atoms with Crippen LogP contribution < -0.4 is 5.32 Å². The molecule has 0 bridgehead atoms. The maximum atomic E-state index is 5.83. The summed E-state index contributed by atoms with van der Waals surface area (Å²) in [7, 11) is 0. The molecule has 0 aromatic carbocycles. The summed E-state index contributed by atoms with van der Waals surface area (Å²) in [5.41, 5.74) is 2.32. The van der Waals surface area contributed by atoms with Crippen molar-refractivity contribution in [2.45, 2.75) is 25.6 Å². The molecule has 0 saturated heterocycles. The van der Waals surface area contributed by atoms with E-state index >= 15 is 0 Å². The summed E-state index contributed by atoms with van der Waals surface area (Å²) in [6.45, 7) is 4.96. The lowest BCUT2D eigenvalue weighted by molar-refractivity contribution is 0.842. The molecule has 0 radical (unpaired) electrons. The molecule has 1 heterocycles. The number of halogens is 1. The maximum absolute atomic E-state index is 5.83. The molecule has 2 nitrogen and oxygen atoms in total. The van der Waals surface area contributed by atoms with E-state index in [9.17, 15) is 0 Å². The number of alkyl halides is 1. The van der Waals surface area contributed by atoms with Crippen molar-refractivity contribution in [2.75, 3.05) is 11.9 Å². The zero-order valence-electron chi connectivity index (χ0n) is 8.05. The fraction of sp³-hybridized carbons (Fsp3) is 0.500. The summed E-state index contributed by atoms with van der Waals surface area (Å²) in [4.78, 5) is 4.02. The van der Waals surface area contributed by atoms with E-state index in [1.807, 2.05) is 26.1 Å². The van der Waals surface area contributed by atoms with Gasteiger partial charge >= 0.3 is 0 Å². The average Bonchev–Trinajstić information content (AvgIpc) is 2.08. The zero-order chi connectivity index (χ0) is 9.68. The Kier molecular flexibility index (Phi) is 4.03. The van der Waals surface area contributed by atoms with Crippen molar-refractivity contribution in [3.63, 3.8) is 0 Å². The molecule has 72 valence electrons. The molecule has 13 heavy (non-hydrogen) atoms. The minimum atomic E-state index is 0.231. The SMILES string of the molecule is Cc1cnccc1NCCC(C)Cl. The number of nitrogens with zero attached hydrogens (tertiary/aromatic N) is 1. The van der Waals surface area contributed by atoms with E-state index in [0.29, 0.717) is 0 Å². The summed E-state index contributed by atoms with van der Waals surface area (Å²) in [5, 5.41) is 3.55. The molecule has 0 fully saturated rings. The van der Waals surface area contributed by atoms with Gasteiger partial charge in [-0.15, -0.1) is 11.6 Å². The molecule has 1 N–H and O–H groups in total. The van der Waals surface area contributed by atoms with E-state index in [1.165, 1.54) is 5.56 Å². The molecule has 3 heteroatoms. The minimum absolute atomic E-state index is 0.231. The van der Waals surface area contributed by atoms with Crippen LogP contribution in [0.2, 0.25) is 0 Å². The van der Waals surface area contributed by atoms with E-state index in [4.69, 9.17) is 11.6 Å². The third kappa shape index (κ3) is 3.64. The predicted molar refractivity (Wildman–Crippen MR) is 57.4 cm³/mol. The fourth-order valence-corrected chi connectivity index (χ4v) is 1.19. The van der Waals surface area contributed by atoms with Crippen molar-refractivity contribution in [1.29, 1.82) is 0 Å². The van der Waals surface area contributed by atoms with Gasteiger partial charge in [0.05, 0.1) is 0 Å². The Morgan fingerprint density at radius 3 is 3.00 bits per heavy atom. The van der Waals surface area contributed by atoms with Gasteiger partial charge in [-0.2, -0.15) is 0 Å². The first-order valence-corrected chi connectivity index (χ1v) is 4.92. The number of anilines is 1. The monoisotopic (exact) mass is 198 g/mol. The Morgan fingerprint density at radius 2 is 2.38 bits per heavy atom. The van der Waals surface area contributed by atoms with Crippen LogP contribution in [-0.2, 0) is 0 Å². The lowest BCUT2D eigenvalue weighted by atomic mass is 10.2. The van der Waals surface area contributed by atoms with Crippen molar-refractivity contribution in [3.8, 4) is 0 Å². The van der Waals surface area contributed by atoms with Crippen LogP contribution in [0.25, 0.3) is 0 Å². The molecule has 0 saturated carbocycles. The van der Waals surface area contributed by atoms with E-state index < -0.39 is 0 Å². The van der Waals surface area contributed by atoms with Gasteiger partial charge in [0.25, 0.3) is 0 Å². The molecule has 1 rings (SSSR count). The minimum Gasteiger partial charge on any atom is -0.385 e. The summed E-state index contributed by atoms with van der Waals surface area (Å²) in [6, 6.07) is 1.98. The first-order chi connectivity index (χ1) is 6.20. The summed E-state index contributed by atoms with van der Waals surface area (Å²) in [6.07, 6.45) is 4.62. The molecule has 1 unspecified atom stereocenters. The number of pyridine rings is 1. The summed E-state index contributed by atoms with van der Waals surface area (Å²) >= 11 is 5.83. The smallest absolute Gasteiger partial charge is 0.0400 e. The van der Waals surface area contributed by atoms with Crippen LogP contribution in [-0.4, -0.2) is 16.9 Å². The molecular formula is C10H15ClN2. The number of aromatic nitrogens is 1. The molecule has 0 amide bonds. The van der Waals surface area contributed by atoms with Crippen LogP contribution in [0, 0.1) is 6.92 Å². The highest BCUT2D eigenvalue weighted by atomic mass is 35.5. The predicted octanol–water partition coefficient (Wildman–Crippen LogP) is 2.82. The van der Waals surface area contributed by atoms with Gasteiger partial charge in [-0.25, -0.2) is 0 Å². The quantitative estimate of drug-likeness (QED) is 0.753. The van der Waals surface area contributed by atoms with Crippen molar-refractivity contribution in [2.24, 2.45) is 0 Å². The Balaban J connectivity index is 2.41. The van der Waals surface area contributed by atoms with Gasteiger partial charge in [0.2, 0.25) is 0 Å². The number of rotatable bonds is 4. The van der Waals surface area contributed by atoms with Crippen LogP contribution in [0.3, 0.4) is 0 Å². The van der Waals surface area contributed by atoms with E-state index in [2.05, 4.69) is 10.3 Å². The van der Waals surface area contributed by atoms with Crippen LogP contribution in [0.5, 0.6) is 0 Å². The van der Waals surface area contributed by atoms with E-state index in [0.717, 1.165) is 18.7 Å². The number of aryl methyl sites for hydroxylation is 1. The summed E-state index contributed by atoms with van der Waals surface area (Å²) in [5.74, 6) is 0. The first-order valence-electron chi connectivity index (χ1n) is 4.48. The second-order valence-electron chi connectivity index (χ2n) is 3.19. The normalized spacial score (nSPS) is 12.5. The third-order valence-electron chi connectivity index (χ3n) is 1.88. The lowest BCUT2D eigenvalue weighted by Gasteiger charge is -2.09. The molecule has 1 aromatic heterocycles. The highest BCUT2D eigenvalue weighted by Gasteiger charge is 1.98. The summed E-state index contributed by atoms with van der Waals surface area (Å²) < 4.78 is 0. The number of hydrogen-bond donors (Lipinski definition) is 1. The second kappa shape index (κ2) is 5.07. The van der Waals surface area contributed by atoms with E-state index in [-0.39, 0.29) is 5.38 Å². The molecule has 0 aliphatic heterocycles. The van der Waals surface area contributed by atoms with Crippen molar-refractivity contribution in [3.05, 3.63) is 24.0 Å². The van der Waals surface area contributed by atoms with Gasteiger partial charge in [-0.1, -0.05) is 0 Å². The molecular weight excluding hydrogens is 184 g/mol. The number of nitrogens with one attached hydrogen (secondary N) is 1. The van der Waals surface area contributed by atoms with E-state index in [1.54, 1.807) is 6.20 Å². The molecule has 0 aliphatic carbocycles. The largest absolute Gasteiger partial charge is 0.385 e. The Bertz CT molecular complexity index is 261. The highest BCUT2D eigenvalue weighted by molar-refractivity contribution is 6.20. The van der Waals surface area contributed by atoms with Crippen LogP contribution in [0.15, 0.2) is 18.5 Å². The molecule has 1 aromatic rings. The topological polar surface area (TPSA) is 24.9 Å². The third-order valence-corrected chi connectivity index (χ3v) is 2.10. The number of hydrogen-bond acceptors (Lipinski definition) is 2. The van der Waals surface area contributed by atoms with Gasteiger partial charge in [0, 0.05) is 30.0 Å². The van der Waals surface area contributed by atoms with Gasteiger partial charge in [0.15, 0.2) is 0 Å². The molecule has 1 atom stereocenters. The second-order valence-corrected chi connectivity index (χ2v) is 3.93. The Hall–Kier alpha value is -0.760. The van der Waals surface area contributed by atoms with Crippen molar-refractivity contribution < 1.29 is 0 Å². The van der Waals surface area contributed by atoms with Crippen LogP contribution in [0.4, 0.5) is 5.69 Å². The molecule has 0 spiro atoms. The Morgan fingerprint density at radius 1 is 1.62 bits per heavy atom. The van der Waals surface area contributed by atoms with Gasteiger partial charge in [-0.3, -0.25) is 4.98 Å². The Labute approximate surface area is 84.3 Å². The van der Waals surface area contributed by atoms with Gasteiger partial charge in [0.1, 0.15) is 0 Å². The van der Waals surface area contributed by atoms with Crippen molar-refractivity contribution in [1.82, 2.24) is 4.98 Å².